The lowest BCUT2D eigenvalue weighted by atomic mass is 10.1. The van der Waals surface area contributed by atoms with Gasteiger partial charge in [-0.15, -0.1) is 0 Å². The molecule has 1 rings (SSSR count). The molecule has 0 spiro atoms. The second kappa shape index (κ2) is 6.43. The second-order valence-electron chi connectivity index (χ2n) is 4.80. The van der Waals surface area contributed by atoms with E-state index in [4.69, 9.17) is 16.7 Å². The summed E-state index contributed by atoms with van der Waals surface area (Å²) >= 11 is 5.60. The van der Waals surface area contributed by atoms with E-state index in [1.54, 1.807) is 4.72 Å². The highest BCUT2D eigenvalue weighted by molar-refractivity contribution is 7.89. The molecule has 0 saturated heterocycles. The number of rotatable bonds is 5. The summed E-state index contributed by atoms with van der Waals surface area (Å²) in [5.74, 6) is -2.18. The highest BCUT2D eigenvalue weighted by Gasteiger charge is 2.40. The molecule has 0 bridgehead atoms. The van der Waals surface area contributed by atoms with Crippen molar-refractivity contribution in [1.29, 1.82) is 0 Å². The molecule has 0 aliphatic rings. The van der Waals surface area contributed by atoms with Gasteiger partial charge >= 0.3 is 12.1 Å². The lowest BCUT2D eigenvalue weighted by molar-refractivity contribution is -0.140. The zero-order valence-electron chi connectivity index (χ0n) is 11.5. The molecule has 2 N–H and O–H groups in total. The Bertz CT molecular complexity index is 673. The van der Waals surface area contributed by atoms with E-state index in [0.717, 1.165) is 12.1 Å². The summed E-state index contributed by atoms with van der Waals surface area (Å²) in [5, 5.41) is 8.33. The van der Waals surface area contributed by atoms with Gasteiger partial charge in [-0.2, -0.15) is 17.9 Å². The van der Waals surface area contributed by atoms with Crippen LogP contribution in [0.2, 0.25) is 5.02 Å². The molecule has 0 aliphatic heterocycles. The van der Waals surface area contributed by atoms with Crippen LogP contribution >= 0.6 is 11.6 Å². The summed E-state index contributed by atoms with van der Waals surface area (Å²) in [7, 11) is -4.78. The van der Waals surface area contributed by atoms with E-state index in [2.05, 4.69) is 0 Å². The van der Waals surface area contributed by atoms with Crippen LogP contribution in [0.5, 0.6) is 0 Å². The molecule has 0 radical (unpaired) electrons. The number of halogens is 4. The lowest BCUT2D eigenvalue weighted by Gasteiger charge is -2.20. The SMILES string of the molecule is CC(C)[C@@H](NS(=O)(=O)c1c(Cl)cccc1C(F)(F)F)C(=O)O. The standard InChI is InChI=1S/C12H13ClF3NO4S/c1-6(2)9(11(18)19)17-22(20,21)10-7(12(14,15)16)4-3-5-8(10)13/h3-6,9,17H,1-2H3,(H,18,19)/t9-/m1/s1. The van der Waals surface area contributed by atoms with Crippen LogP contribution in [0.4, 0.5) is 13.2 Å². The van der Waals surface area contributed by atoms with Gasteiger partial charge in [0.25, 0.3) is 0 Å². The molecule has 0 fully saturated rings. The third kappa shape index (κ3) is 4.11. The molecule has 0 amide bonds. The van der Waals surface area contributed by atoms with E-state index in [0.29, 0.717) is 6.07 Å². The van der Waals surface area contributed by atoms with E-state index >= 15 is 0 Å². The highest BCUT2D eigenvalue weighted by atomic mass is 35.5. The largest absolute Gasteiger partial charge is 0.480 e. The fourth-order valence-corrected chi connectivity index (χ4v) is 3.81. The maximum Gasteiger partial charge on any atom is 0.417 e. The second-order valence-corrected chi connectivity index (χ2v) is 6.85. The van der Waals surface area contributed by atoms with E-state index in [1.807, 2.05) is 0 Å². The van der Waals surface area contributed by atoms with Crippen LogP contribution in [-0.4, -0.2) is 25.5 Å². The smallest absolute Gasteiger partial charge is 0.417 e. The van der Waals surface area contributed by atoms with Crippen molar-refractivity contribution in [3.63, 3.8) is 0 Å². The van der Waals surface area contributed by atoms with Gasteiger partial charge in [-0.25, -0.2) is 8.42 Å². The predicted molar refractivity (Wildman–Crippen MR) is 73.0 cm³/mol. The van der Waals surface area contributed by atoms with E-state index in [-0.39, 0.29) is 0 Å². The molecule has 0 aromatic heterocycles. The first-order chi connectivity index (χ1) is 9.88. The lowest BCUT2D eigenvalue weighted by Crippen LogP contribution is -2.44. The Morgan fingerprint density at radius 1 is 1.32 bits per heavy atom. The van der Waals surface area contributed by atoms with E-state index in [1.165, 1.54) is 13.8 Å². The number of alkyl halides is 3. The Kier molecular flexibility index (Phi) is 5.47. The maximum atomic E-state index is 12.9. The number of carboxylic acid groups (broad SMARTS) is 1. The first-order valence-electron chi connectivity index (χ1n) is 5.98. The molecule has 124 valence electrons. The monoisotopic (exact) mass is 359 g/mol. The Balaban J connectivity index is 3.44. The van der Waals surface area contributed by atoms with E-state index < -0.39 is 49.6 Å². The first-order valence-corrected chi connectivity index (χ1v) is 7.85. The number of hydrogen-bond donors (Lipinski definition) is 2. The van der Waals surface area contributed by atoms with Gasteiger partial charge in [-0.3, -0.25) is 4.79 Å². The minimum Gasteiger partial charge on any atom is -0.480 e. The third-order valence-electron chi connectivity index (χ3n) is 2.76. The minimum absolute atomic E-state index is 0.561. The van der Waals surface area contributed by atoms with Gasteiger partial charge in [-0.05, 0) is 18.1 Å². The molecular weight excluding hydrogens is 347 g/mol. The summed E-state index contributed by atoms with van der Waals surface area (Å²) < 4.78 is 65.0. The maximum absolute atomic E-state index is 12.9. The third-order valence-corrected chi connectivity index (χ3v) is 4.72. The number of sulfonamides is 1. The molecule has 1 atom stereocenters. The van der Waals surface area contributed by atoms with Crippen LogP contribution in [-0.2, 0) is 21.0 Å². The number of nitrogens with one attached hydrogen (secondary N) is 1. The zero-order chi connectivity index (χ0) is 17.3. The average Bonchev–Trinajstić information content (AvgIpc) is 2.33. The summed E-state index contributed by atoms with van der Waals surface area (Å²) in [5.41, 5.74) is -1.46. The van der Waals surface area contributed by atoms with Crippen molar-refractivity contribution in [2.45, 2.75) is 31.0 Å². The molecule has 0 heterocycles. The van der Waals surface area contributed by atoms with Crippen molar-refractivity contribution in [3.05, 3.63) is 28.8 Å². The number of carboxylic acids is 1. The van der Waals surface area contributed by atoms with Crippen molar-refractivity contribution in [1.82, 2.24) is 4.72 Å². The molecule has 0 unspecified atom stereocenters. The molecule has 0 saturated carbocycles. The Labute approximate surface area is 130 Å². The van der Waals surface area contributed by atoms with Crippen LogP contribution in [0.1, 0.15) is 19.4 Å². The van der Waals surface area contributed by atoms with Crippen molar-refractivity contribution < 1.29 is 31.5 Å². The Hall–Kier alpha value is -1.32. The highest BCUT2D eigenvalue weighted by Crippen LogP contribution is 2.37. The topological polar surface area (TPSA) is 83.5 Å². The molecule has 1 aromatic carbocycles. The van der Waals surface area contributed by atoms with Gasteiger partial charge in [-0.1, -0.05) is 31.5 Å². The van der Waals surface area contributed by atoms with Crippen molar-refractivity contribution >= 4 is 27.6 Å². The van der Waals surface area contributed by atoms with Crippen LogP contribution in [0.3, 0.4) is 0 Å². The minimum atomic E-state index is -4.95. The van der Waals surface area contributed by atoms with Crippen molar-refractivity contribution in [3.8, 4) is 0 Å². The fraction of sp³-hybridized carbons (Fsp3) is 0.417. The van der Waals surface area contributed by atoms with Gasteiger partial charge in [0.05, 0.1) is 10.6 Å². The fourth-order valence-electron chi connectivity index (χ4n) is 1.70. The van der Waals surface area contributed by atoms with E-state index in [9.17, 15) is 26.4 Å². The molecular formula is C12H13ClF3NO4S. The summed E-state index contributed by atoms with van der Waals surface area (Å²) in [4.78, 5) is 9.85. The van der Waals surface area contributed by atoms with Crippen LogP contribution in [0.15, 0.2) is 23.1 Å². The van der Waals surface area contributed by atoms with Gasteiger partial charge in [0, 0.05) is 0 Å². The van der Waals surface area contributed by atoms with Crippen LogP contribution in [0, 0.1) is 5.92 Å². The molecule has 22 heavy (non-hydrogen) atoms. The Morgan fingerprint density at radius 3 is 2.27 bits per heavy atom. The quantitative estimate of drug-likeness (QED) is 0.846. The molecule has 1 aromatic rings. The molecule has 5 nitrogen and oxygen atoms in total. The molecule has 0 aliphatic carbocycles. The number of carbonyl (C=O) groups is 1. The van der Waals surface area contributed by atoms with Crippen LogP contribution < -0.4 is 4.72 Å². The summed E-state index contributed by atoms with van der Waals surface area (Å²) in [6, 6.07) is 0.922. The number of aliphatic carboxylic acids is 1. The van der Waals surface area contributed by atoms with Gasteiger partial charge in [0.2, 0.25) is 10.0 Å². The average molecular weight is 360 g/mol. The summed E-state index contributed by atoms with van der Waals surface area (Å²) in [6.07, 6.45) is -4.95. The number of benzene rings is 1. The normalized spacial score (nSPS) is 14.1. The zero-order valence-corrected chi connectivity index (χ0v) is 13.1. The molecule has 10 heteroatoms. The van der Waals surface area contributed by atoms with Gasteiger partial charge in [0.15, 0.2) is 0 Å². The summed E-state index contributed by atoms with van der Waals surface area (Å²) in [6.45, 7) is 2.83. The van der Waals surface area contributed by atoms with Crippen molar-refractivity contribution in [2.75, 3.05) is 0 Å². The van der Waals surface area contributed by atoms with Gasteiger partial charge in [0.1, 0.15) is 10.9 Å². The van der Waals surface area contributed by atoms with Crippen LogP contribution in [0.25, 0.3) is 0 Å². The predicted octanol–water partition coefficient (Wildman–Crippen LogP) is 2.75. The van der Waals surface area contributed by atoms with Gasteiger partial charge < -0.3 is 5.11 Å². The Morgan fingerprint density at radius 2 is 1.86 bits per heavy atom. The van der Waals surface area contributed by atoms with Crippen molar-refractivity contribution in [2.24, 2.45) is 5.92 Å². The first kappa shape index (κ1) is 18.7. The number of hydrogen-bond acceptors (Lipinski definition) is 3.